The van der Waals surface area contributed by atoms with Gasteiger partial charge in [-0.05, 0) is 30.5 Å². The lowest BCUT2D eigenvalue weighted by molar-refractivity contribution is 0.114. The Morgan fingerprint density at radius 1 is 1.29 bits per heavy atom. The van der Waals surface area contributed by atoms with E-state index in [9.17, 15) is 9.90 Å². The number of benzene rings is 1. The lowest BCUT2D eigenvalue weighted by Crippen LogP contribution is -2.42. The van der Waals surface area contributed by atoms with Crippen LogP contribution in [0.2, 0.25) is 0 Å². The van der Waals surface area contributed by atoms with Gasteiger partial charge in [-0.15, -0.1) is 0 Å². The van der Waals surface area contributed by atoms with Crippen LogP contribution in [0.3, 0.4) is 0 Å². The highest BCUT2D eigenvalue weighted by Gasteiger charge is 2.14. The molecule has 0 radical (unpaired) electrons. The first-order valence-corrected chi connectivity index (χ1v) is 8.32. The maximum atomic E-state index is 12.0. The van der Waals surface area contributed by atoms with Crippen LogP contribution in [0.4, 0.5) is 4.79 Å². The Kier molecular flexibility index (Phi) is 6.37. The summed E-state index contributed by atoms with van der Waals surface area (Å²) in [7, 11) is 0. The number of amides is 2. The van der Waals surface area contributed by atoms with Crippen molar-refractivity contribution < 1.29 is 9.90 Å². The molecule has 24 heavy (non-hydrogen) atoms. The zero-order valence-electron chi connectivity index (χ0n) is 14.4. The molecule has 1 aromatic carbocycles. The fourth-order valence-corrected chi connectivity index (χ4v) is 2.35. The molecule has 0 aliphatic carbocycles. The number of nitrogens with zero attached hydrogens (tertiary/aromatic N) is 2. The molecule has 2 rings (SSSR count). The van der Waals surface area contributed by atoms with E-state index in [0.717, 1.165) is 17.7 Å². The molecule has 0 bridgehead atoms. The molecule has 6 heteroatoms. The minimum Gasteiger partial charge on any atom is -0.391 e. The van der Waals surface area contributed by atoms with Crippen LogP contribution >= 0.6 is 0 Å². The van der Waals surface area contributed by atoms with Gasteiger partial charge in [-0.25, -0.2) is 9.78 Å². The third-order valence-corrected chi connectivity index (χ3v) is 4.32. The molecule has 0 spiro atoms. The second kappa shape index (κ2) is 8.49. The quantitative estimate of drug-likeness (QED) is 0.730. The van der Waals surface area contributed by atoms with Gasteiger partial charge in [-0.1, -0.05) is 32.4 Å². The molecule has 2 aromatic rings. The summed E-state index contributed by atoms with van der Waals surface area (Å²) in [6.07, 6.45) is 5.71. The highest BCUT2D eigenvalue weighted by atomic mass is 16.3. The smallest absolute Gasteiger partial charge is 0.315 e. The van der Waals surface area contributed by atoms with Crippen LogP contribution in [0, 0.1) is 5.92 Å². The first-order valence-electron chi connectivity index (χ1n) is 8.32. The Balaban J connectivity index is 1.85. The summed E-state index contributed by atoms with van der Waals surface area (Å²) in [5.41, 5.74) is 2.03. The number of aliphatic hydroxyl groups excluding tert-OH is 1. The maximum absolute atomic E-state index is 12.0. The molecule has 0 saturated heterocycles. The molecule has 0 aliphatic rings. The van der Waals surface area contributed by atoms with Crippen LogP contribution in [0.1, 0.15) is 38.8 Å². The number of hydrogen-bond donors (Lipinski definition) is 3. The van der Waals surface area contributed by atoms with Crippen molar-refractivity contribution in [1.29, 1.82) is 0 Å². The van der Waals surface area contributed by atoms with E-state index in [-0.39, 0.29) is 24.5 Å². The van der Waals surface area contributed by atoms with Crippen molar-refractivity contribution in [2.45, 2.75) is 39.3 Å². The van der Waals surface area contributed by atoms with E-state index in [4.69, 9.17) is 0 Å². The summed E-state index contributed by atoms with van der Waals surface area (Å²) >= 11 is 0. The molecule has 0 fully saturated rings. The van der Waals surface area contributed by atoms with Gasteiger partial charge in [0.25, 0.3) is 0 Å². The minimum atomic E-state index is -0.523. The van der Waals surface area contributed by atoms with Crippen LogP contribution in [-0.2, 0) is 0 Å². The number of aromatic nitrogens is 2. The molecule has 3 unspecified atom stereocenters. The van der Waals surface area contributed by atoms with E-state index in [1.807, 2.05) is 55.8 Å². The van der Waals surface area contributed by atoms with Crippen molar-refractivity contribution in [1.82, 2.24) is 20.2 Å². The average molecular weight is 330 g/mol. The average Bonchev–Trinajstić information content (AvgIpc) is 3.13. The fourth-order valence-electron chi connectivity index (χ4n) is 2.35. The van der Waals surface area contributed by atoms with E-state index in [1.54, 1.807) is 12.5 Å². The maximum Gasteiger partial charge on any atom is 0.315 e. The van der Waals surface area contributed by atoms with Gasteiger partial charge in [0.2, 0.25) is 0 Å². The van der Waals surface area contributed by atoms with Crippen molar-refractivity contribution in [2.24, 2.45) is 5.92 Å². The van der Waals surface area contributed by atoms with Crippen molar-refractivity contribution in [2.75, 3.05) is 6.54 Å². The predicted octanol–water partition coefficient (Wildman–Crippen LogP) is 2.64. The number of carbonyl (C=O) groups excluding carboxylic acids is 1. The Labute approximate surface area is 142 Å². The van der Waals surface area contributed by atoms with Gasteiger partial charge in [-0.2, -0.15) is 0 Å². The molecule has 0 aliphatic heterocycles. The molecule has 3 atom stereocenters. The number of aliphatic hydroxyl groups is 1. The van der Waals surface area contributed by atoms with Gasteiger partial charge >= 0.3 is 6.03 Å². The molecule has 2 amide bonds. The molecule has 130 valence electrons. The van der Waals surface area contributed by atoms with Gasteiger partial charge in [0, 0.05) is 24.6 Å². The van der Waals surface area contributed by atoms with Crippen LogP contribution in [0.5, 0.6) is 0 Å². The van der Waals surface area contributed by atoms with E-state index in [2.05, 4.69) is 15.6 Å². The van der Waals surface area contributed by atoms with Crippen molar-refractivity contribution >= 4 is 6.03 Å². The molecular weight excluding hydrogens is 304 g/mol. The molecular formula is C18H26N4O2. The molecule has 0 saturated carbocycles. The number of carbonyl (C=O) groups is 1. The monoisotopic (exact) mass is 330 g/mol. The SMILES string of the molecule is CCC(C)C(O)CNC(=O)NC(C)c1ccc(-n2ccnc2)cc1. The van der Waals surface area contributed by atoms with Gasteiger partial charge < -0.3 is 20.3 Å². The van der Waals surface area contributed by atoms with Crippen molar-refractivity contribution in [3.05, 3.63) is 48.5 Å². The van der Waals surface area contributed by atoms with Crippen LogP contribution in [0.15, 0.2) is 43.0 Å². The second-order valence-corrected chi connectivity index (χ2v) is 6.09. The van der Waals surface area contributed by atoms with Crippen molar-refractivity contribution in [3.63, 3.8) is 0 Å². The Morgan fingerprint density at radius 2 is 2.00 bits per heavy atom. The lowest BCUT2D eigenvalue weighted by atomic mass is 10.0. The number of urea groups is 1. The van der Waals surface area contributed by atoms with Crippen molar-refractivity contribution in [3.8, 4) is 5.69 Å². The van der Waals surface area contributed by atoms with Gasteiger partial charge in [0.15, 0.2) is 0 Å². The largest absolute Gasteiger partial charge is 0.391 e. The summed E-state index contributed by atoms with van der Waals surface area (Å²) in [5.74, 6) is 0.165. The Hall–Kier alpha value is -2.34. The summed E-state index contributed by atoms with van der Waals surface area (Å²) in [4.78, 5) is 16.0. The predicted molar refractivity (Wildman–Crippen MR) is 94.0 cm³/mol. The molecule has 3 N–H and O–H groups in total. The zero-order valence-corrected chi connectivity index (χ0v) is 14.4. The zero-order chi connectivity index (χ0) is 17.5. The normalized spacial score (nSPS) is 14.7. The number of nitrogens with one attached hydrogen (secondary N) is 2. The van der Waals surface area contributed by atoms with Crippen LogP contribution in [-0.4, -0.2) is 33.3 Å². The van der Waals surface area contributed by atoms with Gasteiger partial charge in [0.1, 0.15) is 0 Å². The van der Waals surface area contributed by atoms with E-state index < -0.39 is 6.10 Å². The summed E-state index contributed by atoms with van der Waals surface area (Å²) in [5, 5.41) is 15.5. The third kappa shape index (κ3) is 4.83. The highest BCUT2D eigenvalue weighted by Crippen LogP contribution is 2.15. The Bertz CT molecular complexity index is 625. The van der Waals surface area contributed by atoms with E-state index >= 15 is 0 Å². The first kappa shape index (κ1) is 18.0. The molecule has 1 aromatic heterocycles. The lowest BCUT2D eigenvalue weighted by Gasteiger charge is -2.19. The fraction of sp³-hybridized carbons (Fsp3) is 0.444. The summed E-state index contributed by atoms with van der Waals surface area (Å²) in [6, 6.07) is 7.54. The highest BCUT2D eigenvalue weighted by molar-refractivity contribution is 5.74. The molecule has 6 nitrogen and oxygen atoms in total. The van der Waals surface area contributed by atoms with Gasteiger partial charge in [0.05, 0.1) is 18.5 Å². The topological polar surface area (TPSA) is 79.2 Å². The molecule has 1 heterocycles. The standard InChI is InChI=1S/C18H26N4O2/c1-4-13(2)17(23)11-20-18(24)21-14(3)15-5-7-16(8-6-15)22-10-9-19-12-22/h5-10,12-14,17,23H,4,11H2,1-3H3,(H2,20,21,24). The van der Waals surface area contributed by atoms with Crippen LogP contribution < -0.4 is 10.6 Å². The summed E-state index contributed by atoms with van der Waals surface area (Å²) in [6.45, 7) is 6.17. The first-order chi connectivity index (χ1) is 11.5. The number of hydrogen-bond acceptors (Lipinski definition) is 3. The third-order valence-electron chi connectivity index (χ3n) is 4.32. The second-order valence-electron chi connectivity index (χ2n) is 6.09. The van der Waals surface area contributed by atoms with Gasteiger partial charge in [-0.3, -0.25) is 0 Å². The number of rotatable bonds is 7. The number of imidazole rings is 1. The van der Waals surface area contributed by atoms with E-state index in [1.165, 1.54) is 0 Å². The van der Waals surface area contributed by atoms with E-state index in [0.29, 0.717) is 0 Å². The Morgan fingerprint density at radius 3 is 2.58 bits per heavy atom. The minimum absolute atomic E-state index is 0.123. The summed E-state index contributed by atoms with van der Waals surface area (Å²) < 4.78 is 1.92. The van der Waals surface area contributed by atoms with Crippen LogP contribution in [0.25, 0.3) is 5.69 Å².